The molecule has 1 aromatic heterocycles. The van der Waals surface area contributed by atoms with E-state index >= 15 is 0 Å². The molecule has 0 aliphatic carbocycles. The third-order valence-corrected chi connectivity index (χ3v) is 5.00. The Morgan fingerprint density at radius 3 is 2.52 bits per heavy atom. The highest BCUT2D eigenvalue weighted by atomic mass is 32.2. The fraction of sp³-hybridized carbons (Fsp3) is 0.227. The molecular formula is C22H24N2O4S. The summed E-state index contributed by atoms with van der Waals surface area (Å²) in [6.45, 7) is 2.59. The summed E-state index contributed by atoms with van der Waals surface area (Å²) in [5.41, 5.74) is 4.51. The van der Waals surface area contributed by atoms with Gasteiger partial charge < -0.3 is 9.30 Å². The molecule has 0 aliphatic heterocycles. The highest BCUT2D eigenvalue weighted by Crippen LogP contribution is 2.27. The molecule has 152 valence electrons. The smallest absolute Gasteiger partial charge is 0.253 e. The van der Waals surface area contributed by atoms with Gasteiger partial charge in [-0.2, -0.15) is 0 Å². The monoisotopic (exact) mass is 412 g/mol. The third-order valence-electron chi connectivity index (χ3n) is 4.55. The van der Waals surface area contributed by atoms with E-state index < -0.39 is 11.3 Å². The number of hydrogen-bond acceptors (Lipinski definition) is 3. The second kappa shape index (κ2) is 9.65. The van der Waals surface area contributed by atoms with Crippen molar-refractivity contribution in [3.63, 3.8) is 0 Å². The normalized spacial score (nSPS) is 12.0. The lowest BCUT2D eigenvalue weighted by Crippen LogP contribution is -2.19. The van der Waals surface area contributed by atoms with Gasteiger partial charge in [-0.3, -0.25) is 9.35 Å². The van der Waals surface area contributed by atoms with Gasteiger partial charge in [-0.05, 0) is 53.8 Å². The molecule has 0 amide bonds. The number of rotatable bonds is 8. The first-order valence-electron chi connectivity index (χ1n) is 9.25. The number of hydrogen-bond donors (Lipinski definition) is 2. The molecule has 0 saturated carbocycles. The molecule has 0 aliphatic rings. The molecule has 0 radical (unpaired) electrons. The van der Waals surface area contributed by atoms with Crippen molar-refractivity contribution in [3.05, 3.63) is 87.8 Å². The fourth-order valence-electron chi connectivity index (χ4n) is 3.11. The van der Waals surface area contributed by atoms with Crippen LogP contribution < -0.4 is 15.0 Å². The van der Waals surface area contributed by atoms with Crippen molar-refractivity contribution in [2.24, 2.45) is 7.05 Å². The molecule has 29 heavy (non-hydrogen) atoms. The van der Waals surface area contributed by atoms with Crippen LogP contribution in [0.1, 0.15) is 16.7 Å². The molecule has 3 aromatic rings. The molecule has 0 bridgehead atoms. The predicted molar refractivity (Wildman–Crippen MR) is 115 cm³/mol. The molecule has 7 heteroatoms. The lowest BCUT2D eigenvalue weighted by atomic mass is 10.0. The standard InChI is InChI=1S/C22H24N2O4S/c1-16-10-20(14-24(2)22(16)25)19-11-18(8-9-23-29(26)27)12-21(13-19)28-15-17-6-4-3-5-7-17/h3-7,10-14,23H,8-9,15H2,1-2H3,(H,26,27). The van der Waals surface area contributed by atoms with E-state index in [9.17, 15) is 9.00 Å². The van der Waals surface area contributed by atoms with E-state index in [1.807, 2.05) is 54.6 Å². The number of nitrogens with one attached hydrogen (secondary N) is 1. The molecule has 2 N–H and O–H groups in total. The van der Waals surface area contributed by atoms with Crippen LogP contribution >= 0.6 is 0 Å². The van der Waals surface area contributed by atoms with Crippen LogP contribution in [0.4, 0.5) is 0 Å². The molecule has 2 aromatic carbocycles. The average Bonchev–Trinajstić information content (AvgIpc) is 2.70. The van der Waals surface area contributed by atoms with Gasteiger partial charge >= 0.3 is 0 Å². The Balaban J connectivity index is 1.91. The minimum Gasteiger partial charge on any atom is -0.489 e. The molecule has 0 saturated heterocycles. The van der Waals surface area contributed by atoms with E-state index in [0.29, 0.717) is 30.9 Å². The van der Waals surface area contributed by atoms with Gasteiger partial charge in [0.15, 0.2) is 0 Å². The molecule has 1 unspecified atom stereocenters. The summed E-state index contributed by atoms with van der Waals surface area (Å²) in [5.74, 6) is 0.706. The first-order chi connectivity index (χ1) is 13.9. The zero-order valence-corrected chi connectivity index (χ0v) is 17.2. The average molecular weight is 413 g/mol. The Morgan fingerprint density at radius 1 is 1.07 bits per heavy atom. The number of aromatic nitrogens is 1. The van der Waals surface area contributed by atoms with Crippen molar-refractivity contribution in [1.82, 2.24) is 9.29 Å². The van der Waals surface area contributed by atoms with E-state index in [-0.39, 0.29) is 5.56 Å². The van der Waals surface area contributed by atoms with Gasteiger partial charge in [-0.1, -0.05) is 36.4 Å². The van der Waals surface area contributed by atoms with Crippen molar-refractivity contribution in [2.45, 2.75) is 20.0 Å². The summed E-state index contributed by atoms with van der Waals surface area (Å²) in [4.78, 5) is 12.0. The fourth-order valence-corrected chi connectivity index (χ4v) is 3.39. The topological polar surface area (TPSA) is 80.6 Å². The van der Waals surface area contributed by atoms with Crippen LogP contribution in [0.2, 0.25) is 0 Å². The number of nitrogens with zero attached hydrogens (tertiary/aromatic N) is 1. The molecule has 0 fully saturated rings. The van der Waals surface area contributed by atoms with E-state index in [2.05, 4.69) is 4.72 Å². The van der Waals surface area contributed by atoms with E-state index in [0.717, 1.165) is 22.3 Å². The molecule has 1 heterocycles. The van der Waals surface area contributed by atoms with Gasteiger partial charge in [0.1, 0.15) is 12.4 Å². The lowest BCUT2D eigenvalue weighted by Gasteiger charge is -2.13. The SMILES string of the molecule is Cc1cc(-c2cc(CCNS(=O)O)cc(OCc3ccccc3)c2)cn(C)c1=O. The largest absolute Gasteiger partial charge is 0.489 e. The van der Waals surface area contributed by atoms with Crippen molar-refractivity contribution in [3.8, 4) is 16.9 Å². The van der Waals surface area contributed by atoms with Crippen molar-refractivity contribution in [1.29, 1.82) is 0 Å². The second-order valence-electron chi connectivity index (χ2n) is 6.86. The Morgan fingerprint density at radius 2 is 1.83 bits per heavy atom. The van der Waals surface area contributed by atoms with Gasteiger partial charge in [0.2, 0.25) is 11.3 Å². The molecule has 1 atom stereocenters. The van der Waals surface area contributed by atoms with Crippen LogP contribution in [0, 0.1) is 6.92 Å². The maximum Gasteiger partial charge on any atom is 0.253 e. The number of aryl methyl sites for hydroxylation is 2. The zero-order chi connectivity index (χ0) is 20.8. The predicted octanol–water partition coefficient (Wildman–Crippen LogP) is 3.21. The number of ether oxygens (including phenoxy) is 1. The highest BCUT2D eigenvalue weighted by Gasteiger charge is 2.08. The van der Waals surface area contributed by atoms with Crippen LogP contribution in [0.5, 0.6) is 5.75 Å². The summed E-state index contributed by atoms with van der Waals surface area (Å²) in [7, 11) is 1.73. The molecule has 3 rings (SSSR count). The first kappa shape index (κ1) is 21.0. The molecule has 6 nitrogen and oxygen atoms in total. The summed E-state index contributed by atoms with van der Waals surface area (Å²) >= 11 is -2.04. The third kappa shape index (κ3) is 5.87. The van der Waals surface area contributed by atoms with Crippen LogP contribution in [0.25, 0.3) is 11.1 Å². The highest BCUT2D eigenvalue weighted by molar-refractivity contribution is 7.77. The van der Waals surface area contributed by atoms with Crippen LogP contribution in [0.3, 0.4) is 0 Å². The van der Waals surface area contributed by atoms with Gasteiger partial charge in [-0.25, -0.2) is 8.93 Å². The van der Waals surface area contributed by atoms with Crippen LogP contribution in [-0.2, 0) is 31.3 Å². The van der Waals surface area contributed by atoms with E-state index in [1.165, 1.54) is 0 Å². The van der Waals surface area contributed by atoms with E-state index in [1.54, 1.807) is 24.7 Å². The first-order valence-corrected chi connectivity index (χ1v) is 10.4. The maximum absolute atomic E-state index is 12.0. The summed E-state index contributed by atoms with van der Waals surface area (Å²) < 4.78 is 29.8. The Hall–Kier alpha value is -2.74. The van der Waals surface area contributed by atoms with E-state index in [4.69, 9.17) is 9.29 Å². The number of pyridine rings is 1. The molecular weight excluding hydrogens is 388 g/mol. The quantitative estimate of drug-likeness (QED) is 0.557. The molecule has 0 spiro atoms. The van der Waals surface area contributed by atoms with Gasteiger partial charge in [0, 0.05) is 25.4 Å². The van der Waals surface area contributed by atoms with Crippen molar-refractivity contribution < 1.29 is 13.5 Å². The number of benzene rings is 2. The summed E-state index contributed by atoms with van der Waals surface area (Å²) in [6.07, 6.45) is 2.36. The van der Waals surface area contributed by atoms with Crippen LogP contribution in [-0.4, -0.2) is 19.9 Å². The van der Waals surface area contributed by atoms with Gasteiger partial charge in [0.05, 0.1) is 0 Å². The summed E-state index contributed by atoms with van der Waals surface area (Å²) in [6, 6.07) is 17.7. The van der Waals surface area contributed by atoms with Crippen LogP contribution in [0.15, 0.2) is 65.6 Å². The Kier molecular flexibility index (Phi) is 6.98. The maximum atomic E-state index is 12.0. The van der Waals surface area contributed by atoms with Crippen molar-refractivity contribution >= 4 is 11.3 Å². The Labute approximate surface area is 172 Å². The minimum atomic E-state index is -2.04. The zero-order valence-electron chi connectivity index (χ0n) is 16.4. The Bertz CT molecular complexity index is 1040. The lowest BCUT2D eigenvalue weighted by molar-refractivity contribution is 0.306. The van der Waals surface area contributed by atoms with Gasteiger partial charge in [0.25, 0.3) is 5.56 Å². The second-order valence-corrected chi connectivity index (χ2v) is 7.65. The summed E-state index contributed by atoms with van der Waals surface area (Å²) in [5, 5.41) is 0. The minimum absolute atomic E-state index is 0.0277. The van der Waals surface area contributed by atoms with Crippen molar-refractivity contribution in [2.75, 3.05) is 6.54 Å². The van der Waals surface area contributed by atoms with Gasteiger partial charge in [-0.15, -0.1) is 0 Å².